The van der Waals surface area contributed by atoms with Gasteiger partial charge in [0.05, 0.1) is 49.8 Å². The predicted octanol–water partition coefficient (Wildman–Crippen LogP) is 16.4. The molecule has 0 unspecified atom stereocenters. The van der Waals surface area contributed by atoms with Crippen LogP contribution in [0.3, 0.4) is 0 Å². The van der Waals surface area contributed by atoms with E-state index in [1.165, 1.54) is 0 Å². The minimum Gasteiger partial charge on any atom is -0.456 e. The lowest BCUT2D eigenvalue weighted by molar-refractivity contribution is 0.669. The monoisotopic (exact) mass is 920 g/mol. The number of fused-ring (bicyclic) bond motifs is 14. The highest BCUT2D eigenvalue weighted by Crippen LogP contribution is 2.46. The van der Waals surface area contributed by atoms with Gasteiger partial charge in [-0.2, -0.15) is 5.26 Å². The van der Waals surface area contributed by atoms with Gasteiger partial charge in [0, 0.05) is 54.6 Å². The van der Waals surface area contributed by atoms with E-state index in [-0.39, 0.29) is 0 Å². The second-order valence-corrected chi connectivity index (χ2v) is 18.2. The Kier molecular flexibility index (Phi) is 8.55. The van der Waals surface area contributed by atoms with Gasteiger partial charge >= 0.3 is 0 Å². The van der Waals surface area contributed by atoms with Crippen LogP contribution in [0.4, 0.5) is 0 Å². The van der Waals surface area contributed by atoms with Gasteiger partial charge in [-0.3, -0.25) is 0 Å². The summed E-state index contributed by atoms with van der Waals surface area (Å²) in [6.45, 7) is 0. The zero-order chi connectivity index (χ0) is 47.4. The van der Waals surface area contributed by atoms with Crippen molar-refractivity contribution in [3.63, 3.8) is 0 Å². The number of aromatic nitrogens is 5. The summed E-state index contributed by atoms with van der Waals surface area (Å²) in [7, 11) is 0. The Bertz CT molecular complexity index is 4710. The smallest absolute Gasteiger partial charge is 0.166 e. The maximum atomic E-state index is 11.6. The largest absolute Gasteiger partial charge is 0.456 e. The molecule has 8 nitrogen and oxygen atoms in total. The summed E-state index contributed by atoms with van der Waals surface area (Å²) in [4.78, 5) is 15.7. The lowest BCUT2D eigenvalue weighted by atomic mass is 9.96. The SMILES string of the molecule is N#Cc1c(-c2ccc(-c3nc(-c4ccccc4)nc(-c4ccccc4)n3)c(-n3c4ccccc4c4ccc5oc6ccccc6c5c43)c2)cccc1-n1c2ccccc2c2ccc3oc4ccccc4c3c21. The van der Waals surface area contributed by atoms with Crippen LogP contribution in [0.25, 0.3) is 144 Å². The van der Waals surface area contributed by atoms with Gasteiger partial charge in [-0.05, 0) is 72.3 Å². The van der Waals surface area contributed by atoms with Crippen molar-refractivity contribution in [2.45, 2.75) is 0 Å². The molecule has 0 saturated carbocycles. The quantitative estimate of drug-likeness (QED) is 0.165. The molecular formula is C64H36N6O2. The van der Waals surface area contributed by atoms with Gasteiger partial charge in [-0.1, -0.05) is 152 Å². The minimum absolute atomic E-state index is 0.510. The van der Waals surface area contributed by atoms with E-state index < -0.39 is 0 Å². The number of nitrogens with zero attached hydrogens (tertiary/aromatic N) is 6. The summed E-state index contributed by atoms with van der Waals surface area (Å²) in [6, 6.07) is 77.1. The molecule has 0 aliphatic carbocycles. The molecule has 0 bridgehead atoms. The molecule has 0 amide bonds. The molecule has 0 fully saturated rings. The van der Waals surface area contributed by atoms with Gasteiger partial charge in [0.1, 0.15) is 28.4 Å². The van der Waals surface area contributed by atoms with Gasteiger partial charge in [0.15, 0.2) is 17.5 Å². The van der Waals surface area contributed by atoms with Crippen molar-refractivity contribution in [3.8, 4) is 62.7 Å². The van der Waals surface area contributed by atoms with Crippen molar-refractivity contribution in [1.82, 2.24) is 24.1 Å². The Morgan fingerprint density at radius 2 is 0.833 bits per heavy atom. The van der Waals surface area contributed by atoms with Gasteiger partial charge in [-0.25, -0.2) is 15.0 Å². The van der Waals surface area contributed by atoms with Gasteiger partial charge in [0.2, 0.25) is 0 Å². The van der Waals surface area contributed by atoms with Crippen molar-refractivity contribution in [1.29, 1.82) is 5.26 Å². The van der Waals surface area contributed by atoms with Crippen LogP contribution in [0, 0.1) is 11.3 Å². The molecule has 15 aromatic rings. The van der Waals surface area contributed by atoms with Crippen LogP contribution in [0.15, 0.2) is 227 Å². The topological polar surface area (TPSA) is 98.6 Å². The standard InChI is InChI=1S/C64H36N6O2/c65-37-49-41(24-15-27-52(49)69-50-25-11-7-20-42(50)44-32-34-56-58(60(44)69)47-22-9-13-28-54(47)71-56)40-30-31-46(64-67-62(38-16-3-1-4-17-38)66-63(68-64)39-18-5-2-6-19-39)53(36-40)70-51-26-12-8-21-43(51)45-33-35-57-59(61(45)70)48-23-10-14-29-55(48)72-57/h1-36H. The van der Waals surface area contributed by atoms with E-state index in [0.717, 1.165) is 127 Å². The lowest BCUT2D eigenvalue weighted by Gasteiger charge is -2.18. The zero-order valence-corrected chi connectivity index (χ0v) is 38.3. The number of nitriles is 1. The van der Waals surface area contributed by atoms with Crippen molar-refractivity contribution >= 4 is 87.5 Å². The first kappa shape index (κ1) is 39.9. The lowest BCUT2D eigenvalue weighted by Crippen LogP contribution is -2.04. The second kappa shape index (κ2) is 15.5. The Hall–Kier alpha value is -10.1. The molecule has 10 aromatic carbocycles. The maximum absolute atomic E-state index is 11.6. The Labute approximate surface area is 410 Å². The van der Waals surface area contributed by atoms with Crippen LogP contribution in [0.5, 0.6) is 0 Å². The number of furan rings is 2. The first-order chi connectivity index (χ1) is 35.7. The molecular weight excluding hydrogens is 885 g/mol. The third kappa shape index (κ3) is 5.82. The van der Waals surface area contributed by atoms with Gasteiger partial charge in [0.25, 0.3) is 0 Å². The average molecular weight is 921 g/mol. The number of hydrogen-bond acceptors (Lipinski definition) is 6. The van der Waals surface area contributed by atoms with Crippen LogP contribution >= 0.6 is 0 Å². The predicted molar refractivity (Wildman–Crippen MR) is 290 cm³/mol. The molecule has 334 valence electrons. The van der Waals surface area contributed by atoms with Crippen LogP contribution < -0.4 is 0 Å². The van der Waals surface area contributed by atoms with E-state index in [9.17, 15) is 5.26 Å². The zero-order valence-electron chi connectivity index (χ0n) is 38.3. The molecule has 5 aromatic heterocycles. The number of benzene rings is 10. The third-order valence-electron chi connectivity index (χ3n) is 14.2. The van der Waals surface area contributed by atoms with Crippen LogP contribution in [0.1, 0.15) is 5.56 Å². The molecule has 0 N–H and O–H groups in total. The number of rotatable bonds is 6. The van der Waals surface area contributed by atoms with Crippen molar-refractivity contribution in [3.05, 3.63) is 224 Å². The molecule has 0 aliphatic rings. The summed E-state index contributed by atoms with van der Waals surface area (Å²) in [5.41, 5.74) is 13.5. The molecule has 8 heteroatoms. The number of para-hydroxylation sites is 4. The highest BCUT2D eigenvalue weighted by Gasteiger charge is 2.26. The maximum Gasteiger partial charge on any atom is 0.166 e. The Morgan fingerprint density at radius 1 is 0.347 bits per heavy atom. The van der Waals surface area contributed by atoms with E-state index in [1.807, 2.05) is 91.0 Å². The van der Waals surface area contributed by atoms with Crippen molar-refractivity contribution < 1.29 is 8.83 Å². The summed E-state index contributed by atoms with van der Waals surface area (Å²) in [6.07, 6.45) is 0. The molecule has 0 atom stereocenters. The van der Waals surface area contributed by atoms with E-state index in [4.69, 9.17) is 23.8 Å². The molecule has 0 aliphatic heterocycles. The third-order valence-corrected chi connectivity index (χ3v) is 14.2. The minimum atomic E-state index is 0.510. The highest BCUT2D eigenvalue weighted by molar-refractivity contribution is 6.26. The fourth-order valence-electron chi connectivity index (χ4n) is 11.1. The van der Waals surface area contributed by atoms with Crippen LogP contribution in [-0.4, -0.2) is 24.1 Å². The molecule has 0 spiro atoms. The summed E-state index contributed by atoms with van der Waals surface area (Å²) in [5, 5.41) is 20.0. The summed E-state index contributed by atoms with van der Waals surface area (Å²) < 4.78 is 17.6. The molecule has 72 heavy (non-hydrogen) atoms. The first-order valence-electron chi connectivity index (χ1n) is 23.9. The summed E-state index contributed by atoms with van der Waals surface area (Å²) >= 11 is 0. The van der Waals surface area contributed by atoms with Gasteiger partial charge < -0.3 is 18.0 Å². The van der Waals surface area contributed by atoms with E-state index >= 15 is 0 Å². The van der Waals surface area contributed by atoms with E-state index in [1.54, 1.807) is 0 Å². The normalized spacial score (nSPS) is 11.9. The fraction of sp³-hybridized carbons (Fsp3) is 0. The Balaban J connectivity index is 1.05. The van der Waals surface area contributed by atoms with Crippen LogP contribution in [-0.2, 0) is 0 Å². The van der Waals surface area contributed by atoms with E-state index in [0.29, 0.717) is 23.0 Å². The molecule has 0 radical (unpaired) electrons. The second-order valence-electron chi connectivity index (χ2n) is 18.2. The van der Waals surface area contributed by atoms with E-state index in [2.05, 4.69) is 143 Å². The van der Waals surface area contributed by atoms with Gasteiger partial charge in [-0.15, -0.1) is 0 Å². The van der Waals surface area contributed by atoms with Crippen molar-refractivity contribution in [2.75, 3.05) is 0 Å². The highest BCUT2D eigenvalue weighted by atomic mass is 16.3. The number of hydrogen-bond donors (Lipinski definition) is 0. The Morgan fingerprint density at radius 3 is 1.39 bits per heavy atom. The average Bonchev–Trinajstić information content (AvgIpc) is 4.21. The first-order valence-corrected chi connectivity index (χ1v) is 23.9. The molecule has 15 rings (SSSR count). The van der Waals surface area contributed by atoms with Crippen molar-refractivity contribution in [2.24, 2.45) is 0 Å². The fourth-order valence-corrected chi connectivity index (χ4v) is 11.1. The molecule has 5 heterocycles. The molecule has 0 saturated heterocycles. The van der Waals surface area contributed by atoms with Crippen LogP contribution in [0.2, 0.25) is 0 Å². The summed E-state index contributed by atoms with van der Waals surface area (Å²) in [5.74, 6) is 1.63.